The van der Waals surface area contributed by atoms with Gasteiger partial charge in [-0.2, -0.15) is 17.4 Å². The van der Waals surface area contributed by atoms with E-state index in [1.54, 1.807) is 7.05 Å². The van der Waals surface area contributed by atoms with E-state index in [1.807, 2.05) is 0 Å². The van der Waals surface area contributed by atoms with E-state index in [4.69, 9.17) is 0 Å². The molecule has 0 spiro atoms. The fraction of sp³-hybridized carbons (Fsp3) is 1.00. The monoisotopic (exact) mass is 305 g/mol. The van der Waals surface area contributed by atoms with Gasteiger partial charge in [-0.05, 0) is 44.7 Å². The van der Waals surface area contributed by atoms with Crippen LogP contribution in [0.4, 0.5) is 0 Å². The van der Waals surface area contributed by atoms with Gasteiger partial charge in [0.15, 0.2) is 0 Å². The third-order valence-electron chi connectivity index (χ3n) is 3.92. The van der Waals surface area contributed by atoms with Crippen molar-refractivity contribution in [3.63, 3.8) is 0 Å². The summed E-state index contributed by atoms with van der Waals surface area (Å²) in [6.07, 6.45) is 6.23. The van der Waals surface area contributed by atoms with Crippen LogP contribution in [0.2, 0.25) is 0 Å². The van der Waals surface area contributed by atoms with Crippen molar-refractivity contribution >= 4 is 10.2 Å². The third-order valence-corrected chi connectivity index (χ3v) is 5.55. The minimum absolute atomic E-state index is 0.115. The molecule has 2 unspecified atom stereocenters. The van der Waals surface area contributed by atoms with Crippen LogP contribution in [0.3, 0.4) is 0 Å². The van der Waals surface area contributed by atoms with Crippen LogP contribution in [-0.2, 0) is 10.2 Å². The van der Waals surface area contributed by atoms with Crippen molar-refractivity contribution in [3.8, 4) is 0 Å². The first-order chi connectivity index (χ1) is 9.45. The van der Waals surface area contributed by atoms with Crippen molar-refractivity contribution < 1.29 is 8.42 Å². The first kappa shape index (κ1) is 17.9. The van der Waals surface area contributed by atoms with E-state index >= 15 is 0 Å². The fourth-order valence-electron chi connectivity index (χ4n) is 2.69. The summed E-state index contributed by atoms with van der Waals surface area (Å²) in [6, 6.07) is 0.115. The van der Waals surface area contributed by atoms with Gasteiger partial charge in [-0.25, -0.2) is 0 Å². The average Bonchev–Trinajstić information content (AvgIpc) is 2.37. The highest BCUT2D eigenvalue weighted by molar-refractivity contribution is 7.87. The van der Waals surface area contributed by atoms with Crippen LogP contribution in [0.5, 0.6) is 0 Å². The summed E-state index contributed by atoms with van der Waals surface area (Å²) in [7, 11) is -1.66. The molecule has 120 valence electrons. The minimum atomic E-state index is -3.32. The Bertz CT molecular complexity index is 359. The molecule has 0 aromatic heterocycles. The van der Waals surface area contributed by atoms with E-state index in [1.165, 1.54) is 10.7 Å². The zero-order chi connectivity index (χ0) is 15.0. The van der Waals surface area contributed by atoms with Crippen molar-refractivity contribution in [3.05, 3.63) is 0 Å². The fourth-order valence-corrected chi connectivity index (χ4v) is 3.88. The van der Waals surface area contributed by atoms with Crippen LogP contribution in [0.1, 0.15) is 52.4 Å². The molecular formula is C14H31N3O2S. The molecule has 0 aromatic carbocycles. The molecule has 0 aliphatic heterocycles. The summed E-state index contributed by atoms with van der Waals surface area (Å²) in [4.78, 5) is 0. The molecule has 2 atom stereocenters. The second-order valence-corrected chi connectivity index (χ2v) is 7.83. The standard InChI is InChI=1S/C14H31N3O2S/c1-4-9-15-10-6-11-17(3)20(18,19)16-14-8-5-7-13(2)12-14/h13-16H,4-12H2,1-3H3. The van der Waals surface area contributed by atoms with Crippen molar-refractivity contribution in [2.45, 2.75) is 58.4 Å². The maximum Gasteiger partial charge on any atom is 0.279 e. The third kappa shape index (κ3) is 6.52. The quantitative estimate of drug-likeness (QED) is 0.638. The van der Waals surface area contributed by atoms with Gasteiger partial charge in [0, 0.05) is 19.6 Å². The molecule has 20 heavy (non-hydrogen) atoms. The van der Waals surface area contributed by atoms with Crippen LogP contribution in [0.15, 0.2) is 0 Å². The van der Waals surface area contributed by atoms with E-state index in [9.17, 15) is 8.42 Å². The van der Waals surface area contributed by atoms with Gasteiger partial charge in [0.25, 0.3) is 10.2 Å². The molecule has 5 nitrogen and oxygen atoms in total. The first-order valence-electron chi connectivity index (χ1n) is 7.90. The Morgan fingerprint density at radius 3 is 2.65 bits per heavy atom. The zero-order valence-electron chi connectivity index (χ0n) is 13.2. The molecule has 1 fully saturated rings. The minimum Gasteiger partial charge on any atom is -0.317 e. The highest BCUT2D eigenvalue weighted by Crippen LogP contribution is 2.24. The lowest BCUT2D eigenvalue weighted by molar-refractivity contribution is 0.321. The smallest absolute Gasteiger partial charge is 0.279 e. The SMILES string of the molecule is CCCNCCCN(C)S(=O)(=O)NC1CCCC(C)C1. The predicted molar refractivity (Wildman–Crippen MR) is 83.9 cm³/mol. The van der Waals surface area contributed by atoms with Crippen LogP contribution in [-0.4, -0.2) is 45.4 Å². The maximum absolute atomic E-state index is 12.2. The topological polar surface area (TPSA) is 61.4 Å². The molecule has 0 saturated heterocycles. The Labute approximate surface area is 124 Å². The Morgan fingerprint density at radius 1 is 1.25 bits per heavy atom. The lowest BCUT2D eigenvalue weighted by Gasteiger charge is -2.29. The van der Waals surface area contributed by atoms with Gasteiger partial charge < -0.3 is 5.32 Å². The number of hydrogen-bond donors (Lipinski definition) is 2. The van der Waals surface area contributed by atoms with Gasteiger partial charge >= 0.3 is 0 Å². The summed E-state index contributed by atoms with van der Waals surface area (Å²) in [5.74, 6) is 0.625. The number of hydrogen-bond acceptors (Lipinski definition) is 3. The van der Waals surface area contributed by atoms with Gasteiger partial charge in [-0.1, -0.05) is 26.7 Å². The van der Waals surface area contributed by atoms with E-state index in [0.717, 1.165) is 45.2 Å². The van der Waals surface area contributed by atoms with Crippen molar-refractivity contribution in [1.82, 2.24) is 14.3 Å². The molecule has 1 rings (SSSR count). The summed E-state index contributed by atoms with van der Waals surface area (Å²) in [5, 5.41) is 3.29. The molecule has 0 radical (unpaired) electrons. The predicted octanol–water partition coefficient (Wildman–Crippen LogP) is 1.72. The Hall–Kier alpha value is -0.170. The second-order valence-electron chi connectivity index (χ2n) is 6.02. The lowest BCUT2D eigenvalue weighted by atomic mass is 9.88. The largest absolute Gasteiger partial charge is 0.317 e. The van der Waals surface area contributed by atoms with Gasteiger partial charge in [0.1, 0.15) is 0 Å². The maximum atomic E-state index is 12.2. The Balaban J connectivity index is 2.31. The number of nitrogens with zero attached hydrogens (tertiary/aromatic N) is 1. The Kier molecular flexibility index (Phi) is 8.02. The van der Waals surface area contributed by atoms with Gasteiger partial charge in [0.05, 0.1) is 0 Å². The van der Waals surface area contributed by atoms with Crippen molar-refractivity contribution in [2.24, 2.45) is 5.92 Å². The molecule has 1 aliphatic rings. The molecule has 0 amide bonds. The summed E-state index contributed by atoms with van der Waals surface area (Å²) in [6.45, 7) is 6.75. The van der Waals surface area contributed by atoms with Crippen LogP contribution >= 0.6 is 0 Å². The van der Waals surface area contributed by atoms with Crippen molar-refractivity contribution in [1.29, 1.82) is 0 Å². The molecule has 2 N–H and O–H groups in total. The van der Waals surface area contributed by atoms with E-state index in [0.29, 0.717) is 12.5 Å². The molecule has 0 bridgehead atoms. The molecule has 0 aromatic rings. The van der Waals surface area contributed by atoms with E-state index in [2.05, 4.69) is 23.9 Å². The van der Waals surface area contributed by atoms with Gasteiger partial charge in [0.2, 0.25) is 0 Å². The van der Waals surface area contributed by atoms with Gasteiger partial charge in [-0.3, -0.25) is 0 Å². The lowest BCUT2D eigenvalue weighted by Crippen LogP contribution is -2.45. The second kappa shape index (κ2) is 8.97. The molecule has 1 aliphatic carbocycles. The summed E-state index contributed by atoms with van der Waals surface area (Å²) in [5.41, 5.74) is 0. The molecule has 0 heterocycles. The van der Waals surface area contributed by atoms with Crippen molar-refractivity contribution in [2.75, 3.05) is 26.7 Å². The highest BCUT2D eigenvalue weighted by atomic mass is 32.2. The number of rotatable bonds is 9. The summed E-state index contributed by atoms with van der Waals surface area (Å²) < 4.78 is 28.7. The zero-order valence-corrected chi connectivity index (χ0v) is 14.0. The van der Waals surface area contributed by atoms with Crippen LogP contribution in [0, 0.1) is 5.92 Å². The molecular weight excluding hydrogens is 274 g/mol. The van der Waals surface area contributed by atoms with Crippen LogP contribution < -0.4 is 10.0 Å². The first-order valence-corrected chi connectivity index (χ1v) is 9.34. The average molecular weight is 305 g/mol. The molecule has 1 saturated carbocycles. The molecule has 6 heteroatoms. The van der Waals surface area contributed by atoms with Gasteiger partial charge in [-0.15, -0.1) is 0 Å². The van der Waals surface area contributed by atoms with Crippen LogP contribution in [0.25, 0.3) is 0 Å². The Morgan fingerprint density at radius 2 is 2.00 bits per heavy atom. The van der Waals surface area contributed by atoms with E-state index < -0.39 is 10.2 Å². The highest BCUT2D eigenvalue weighted by Gasteiger charge is 2.25. The summed E-state index contributed by atoms with van der Waals surface area (Å²) >= 11 is 0. The number of nitrogens with one attached hydrogen (secondary N) is 2. The normalized spacial score (nSPS) is 24.2. The van der Waals surface area contributed by atoms with E-state index in [-0.39, 0.29) is 6.04 Å².